The third-order valence-electron chi connectivity index (χ3n) is 2.59. The lowest BCUT2D eigenvalue weighted by Crippen LogP contribution is -2.39. The molecule has 106 valence electrons. The molecule has 0 saturated carbocycles. The van der Waals surface area contributed by atoms with Gasteiger partial charge in [0.05, 0.1) is 25.8 Å². The van der Waals surface area contributed by atoms with Crippen molar-refractivity contribution in [2.45, 2.75) is 24.3 Å². The van der Waals surface area contributed by atoms with Crippen LogP contribution in [0.1, 0.15) is 0 Å². The van der Waals surface area contributed by atoms with E-state index in [9.17, 15) is 9.46 Å². The third-order valence-corrected chi connectivity index (χ3v) is 3.23. The average molecular weight is 282 g/mol. The highest BCUT2D eigenvalue weighted by molar-refractivity contribution is 7.51. The number of hydrogen-bond acceptors (Lipinski definition) is 6. The number of aliphatic hydroxyl groups is 1. The number of ether oxygens (including phenoxy) is 3. The molecule has 0 bridgehead atoms. The fourth-order valence-corrected chi connectivity index (χ4v) is 2.69. The third kappa shape index (κ3) is 4.62. The Bertz CT molecular complexity index is 297. The molecular weight excluding hydrogens is 262 g/mol. The molecule has 0 amide bonds. The van der Waals surface area contributed by atoms with Crippen molar-refractivity contribution < 1.29 is 33.3 Å². The second-order valence-electron chi connectivity index (χ2n) is 4.27. The number of rotatable bonds is 7. The maximum Gasteiger partial charge on any atom is 0.325 e. The Morgan fingerprint density at radius 1 is 1.44 bits per heavy atom. The Kier molecular flexibility index (Phi) is 6.27. The highest BCUT2D eigenvalue weighted by atomic mass is 31.2. The van der Waals surface area contributed by atoms with E-state index in [4.69, 9.17) is 23.8 Å². The minimum atomic E-state index is -3.65. The molecule has 1 saturated heterocycles. The van der Waals surface area contributed by atoms with Crippen molar-refractivity contribution in [1.82, 2.24) is 0 Å². The van der Waals surface area contributed by atoms with E-state index < -0.39 is 25.9 Å². The van der Waals surface area contributed by atoms with Gasteiger partial charge in [0, 0.05) is 13.8 Å². The lowest BCUT2D eigenvalue weighted by molar-refractivity contribution is -0.0319. The van der Waals surface area contributed by atoms with Gasteiger partial charge in [-0.3, -0.25) is 9.09 Å². The molecule has 0 radical (unpaired) electrons. The van der Waals surface area contributed by atoms with Crippen molar-refractivity contribution in [2.24, 2.45) is 0 Å². The second-order valence-corrected chi connectivity index (χ2v) is 6.08. The summed E-state index contributed by atoms with van der Waals surface area (Å²) in [4.78, 5) is 9.33. The zero-order chi connectivity index (χ0) is 13.8. The summed E-state index contributed by atoms with van der Waals surface area (Å²) in [5.74, 6) is 0. The summed E-state index contributed by atoms with van der Waals surface area (Å²) >= 11 is 0. The molecule has 0 aromatic heterocycles. The Labute approximate surface area is 107 Å². The topological polar surface area (TPSA) is 94.5 Å². The van der Waals surface area contributed by atoms with Crippen molar-refractivity contribution >= 4 is 15.4 Å². The molecule has 0 spiro atoms. The molecule has 0 aromatic rings. The average Bonchev–Trinajstić information content (AvgIpc) is 2.51. The summed E-state index contributed by atoms with van der Waals surface area (Å²) in [6.07, 6.45) is -1.65. The van der Waals surface area contributed by atoms with Crippen LogP contribution in [0.15, 0.2) is 0 Å². The van der Waals surface area contributed by atoms with E-state index in [0.717, 1.165) is 6.66 Å². The zero-order valence-electron chi connectivity index (χ0n) is 10.8. The van der Waals surface area contributed by atoms with Crippen LogP contribution in [0, 0.1) is 0 Å². The lowest BCUT2D eigenvalue weighted by Gasteiger charge is -2.24. The van der Waals surface area contributed by atoms with E-state index in [1.807, 2.05) is 0 Å². The van der Waals surface area contributed by atoms with Crippen molar-refractivity contribution in [2.75, 3.05) is 33.6 Å². The Morgan fingerprint density at radius 2 is 2.11 bits per heavy atom. The van der Waals surface area contributed by atoms with Crippen LogP contribution >= 0.6 is 7.60 Å². The van der Waals surface area contributed by atoms with Gasteiger partial charge < -0.3 is 24.2 Å². The van der Waals surface area contributed by atoms with Gasteiger partial charge in [-0.05, 0) is 0 Å². The molecule has 5 atom stereocenters. The predicted octanol–water partition coefficient (Wildman–Crippen LogP) is -1.43. The molecule has 18 heavy (non-hydrogen) atoms. The van der Waals surface area contributed by atoms with Crippen molar-refractivity contribution in [3.63, 3.8) is 0 Å². The lowest BCUT2D eigenvalue weighted by atomic mass is 9.93. The quantitative estimate of drug-likeness (QED) is 0.436. The van der Waals surface area contributed by atoms with Crippen LogP contribution in [0.5, 0.6) is 0 Å². The molecule has 1 aliphatic rings. The molecule has 1 fully saturated rings. The molecule has 2 N–H and O–H groups in total. The van der Waals surface area contributed by atoms with Gasteiger partial charge in [-0.2, -0.15) is 0 Å². The first kappa shape index (κ1) is 16.1. The van der Waals surface area contributed by atoms with Crippen molar-refractivity contribution in [3.8, 4) is 0 Å². The van der Waals surface area contributed by atoms with E-state index in [-0.39, 0.29) is 25.8 Å². The van der Waals surface area contributed by atoms with E-state index in [1.165, 1.54) is 7.11 Å². The van der Waals surface area contributed by atoms with Crippen molar-refractivity contribution in [3.05, 3.63) is 0 Å². The van der Waals surface area contributed by atoms with Gasteiger partial charge >= 0.3 is 7.60 Å². The summed E-state index contributed by atoms with van der Waals surface area (Å²) in [6.45, 7) is 1.35. The van der Waals surface area contributed by atoms with Crippen LogP contribution in [0.4, 0.5) is 0 Å². The molecular formula is C9H20BO7P. The first-order valence-electron chi connectivity index (χ1n) is 5.74. The largest absolute Gasteiger partial charge is 0.394 e. The van der Waals surface area contributed by atoms with Gasteiger partial charge in [0.1, 0.15) is 26.2 Å². The van der Waals surface area contributed by atoms with Crippen molar-refractivity contribution in [1.29, 1.82) is 0 Å². The first-order chi connectivity index (χ1) is 8.39. The minimum Gasteiger partial charge on any atom is -0.394 e. The van der Waals surface area contributed by atoms with Crippen LogP contribution in [0.2, 0.25) is 0 Å². The molecule has 7 nitrogen and oxygen atoms in total. The monoisotopic (exact) mass is 282 g/mol. The van der Waals surface area contributed by atoms with Crippen LogP contribution < -0.4 is 0 Å². The van der Waals surface area contributed by atoms with Gasteiger partial charge in [0.2, 0.25) is 0 Å². The maximum atomic E-state index is 11.4. The highest BCUT2D eigenvalue weighted by Crippen LogP contribution is 2.42. The van der Waals surface area contributed by atoms with Gasteiger partial charge in [-0.1, -0.05) is 0 Å². The summed E-state index contributed by atoms with van der Waals surface area (Å²) in [6, 6.07) is -0.298. The fourth-order valence-electron chi connectivity index (χ4n) is 1.98. The molecule has 2 unspecified atom stereocenters. The van der Waals surface area contributed by atoms with Crippen LogP contribution in [-0.4, -0.2) is 75.8 Å². The minimum absolute atomic E-state index is 0.122. The number of methoxy groups -OCH3 is 1. The smallest absolute Gasteiger partial charge is 0.325 e. The number of aliphatic hydroxyl groups excluding tert-OH is 1. The predicted molar refractivity (Wildman–Crippen MR) is 66.5 cm³/mol. The molecule has 0 aliphatic carbocycles. The van der Waals surface area contributed by atoms with Gasteiger partial charge in [0.15, 0.2) is 0 Å². The molecule has 1 heterocycles. The van der Waals surface area contributed by atoms with Gasteiger partial charge in [-0.15, -0.1) is 0 Å². The van der Waals surface area contributed by atoms with E-state index in [0.29, 0.717) is 0 Å². The second kappa shape index (κ2) is 7.00. The van der Waals surface area contributed by atoms with Gasteiger partial charge in [-0.25, -0.2) is 0 Å². The van der Waals surface area contributed by atoms with E-state index in [1.54, 1.807) is 7.85 Å². The summed E-state index contributed by atoms with van der Waals surface area (Å²) in [7, 11) is -0.355. The van der Waals surface area contributed by atoms with E-state index in [2.05, 4.69) is 0 Å². The zero-order valence-corrected chi connectivity index (χ0v) is 11.7. The summed E-state index contributed by atoms with van der Waals surface area (Å²) in [5, 5.41) is 8.77. The Morgan fingerprint density at radius 3 is 2.61 bits per heavy atom. The summed E-state index contributed by atoms with van der Waals surface area (Å²) < 4.78 is 32.5. The highest BCUT2D eigenvalue weighted by Gasteiger charge is 2.46. The number of hydrogen-bond donors (Lipinski definition) is 2. The molecule has 9 heteroatoms. The van der Waals surface area contributed by atoms with Crippen LogP contribution in [-0.2, 0) is 23.3 Å². The standard InChI is InChI=1S/C9H20BO7P/c1-14-5-6-7(17-18(2,12)13)8(9(10)16-6)15-4-3-11/h6-9,11H,3-5,10H2,1-2H3,(H,12,13)/t6-,7?,8+,9-/m1/s1. The van der Waals surface area contributed by atoms with Crippen LogP contribution in [0.25, 0.3) is 0 Å². The Balaban J connectivity index is 2.74. The normalized spacial score (nSPS) is 35.6. The van der Waals surface area contributed by atoms with Crippen LogP contribution in [0.3, 0.4) is 0 Å². The van der Waals surface area contributed by atoms with E-state index >= 15 is 0 Å². The molecule has 0 aromatic carbocycles. The van der Waals surface area contributed by atoms with Gasteiger partial charge in [0.25, 0.3) is 0 Å². The Hall–Kier alpha value is 0.0549. The fraction of sp³-hybridized carbons (Fsp3) is 1.00. The molecule has 1 aliphatic heterocycles. The maximum absolute atomic E-state index is 11.4. The SMILES string of the molecule is B[C@@H]1O[C@H](COC)C(OP(C)(=O)O)[C@@H]1OCCO. The summed E-state index contributed by atoms with van der Waals surface area (Å²) in [5.41, 5.74) is 0. The molecule has 1 rings (SSSR count). The first-order valence-corrected chi connectivity index (χ1v) is 7.77.